The lowest BCUT2D eigenvalue weighted by Gasteiger charge is -2.14. The van der Waals surface area contributed by atoms with Crippen LogP contribution in [0.15, 0.2) is 67.0 Å². The quantitative estimate of drug-likeness (QED) is 0.595. The fourth-order valence-electron chi connectivity index (χ4n) is 2.61. The highest BCUT2D eigenvalue weighted by atomic mass is 19.1. The van der Waals surface area contributed by atoms with E-state index in [-0.39, 0.29) is 11.1 Å². The van der Waals surface area contributed by atoms with Crippen molar-refractivity contribution in [1.82, 2.24) is 15.8 Å². The van der Waals surface area contributed by atoms with Gasteiger partial charge in [0.1, 0.15) is 5.82 Å². The third-order valence-electron chi connectivity index (χ3n) is 4.11. The molecule has 8 heteroatoms. The molecule has 29 heavy (non-hydrogen) atoms. The first-order valence-corrected chi connectivity index (χ1v) is 8.63. The van der Waals surface area contributed by atoms with Crippen LogP contribution in [0.25, 0.3) is 0 Å². The van der Waals surface area contributed by atoms with Crippen molar-refractivity contribution in [3.05, 3.63) is 95.1 Å². The van der Waals surface area contributed by atoms with Crippen molar-refractivity contribution >= 4 is 23.4 Å². The van der Waals surface area contributed by atoms with Crippen molar-refractivity contribution in [2.24, 2.45) is 0 Å². The highest BCUT2D eigenvalue weighted by Gasteiger charge is 2.18. The van der Waals surface area contributed by atoms with Crippen LogP contribution in [0.4, 0.5) is 10.1 Å². The summed E-state index contributed by atoms with van der Waals surface area (Å²) in [6.45, 7) is 1.73. The van der Waals surface area contributed by atoms with Crippen LogP contribution in [0.5, 0.6) is 0 Å². The van der Waals surface area contributed by atoms with E-state index in [2.05, 4.69) is 21.2 Å². The molecule has 0 bridgehead atoms. The summed E-state index contributed by atoms with van der Waals surface area (Å²) in [5, 5.41) is 2.70. The van der Waals surface area contributed by atoms with Crippen LogP contribution in [-0.4, -0.2) is 22.7 Å². The smallest absolute Gasteiger partial charge is 0.272 e. The molecule has 2 aromatic carbocycles. The molecule has 0 saturated heterocycles. The third kappa shape index (κ3) is 4.62. The van der Waals surface area contributed by atoms with Crippen molar-refractivity contribution in [2.75, 3.05) is 5.32 Å². The molecular formula is C21H17FN4O3. The standard InChI is InChI=1S/C21H17FN4O3/c1-13-5-4-7-16(18(13)24-19(27)14-9-11-23-12-10-14)21(29)26-25-20(28)15-6-2-3-8-17(15)22/h2-12H,1H3,(H,24,27)(H,25,28)(H,26,29). The second kappa shape index (κ2) is 8.75. The minimum atomic E-state index is -0.800. The molecule has 3 rings (SSSR count). The molecule has 1 aromatic heterocycles. The summed E-state index contributed by atoms with van der Waals surface area (Å²) in [7, 11) is 0. The van der Waals surface area contributed by atoms with Crippen molar-refractivity contribution in [3.8, 4) is 0 Å². The summed E-state index contributed by atoms with van der Waals surface area (Å²) in [5.41, 5.74) is 5.67. The molecule has 0 fully saturated rings. The first kappa shape index (κ1) is 19.7. The maximum atomic E-state index is 13.7. The Labute approximate surface area is 165 Å². The normalized spacial score (nSPS) is 10.1. The molecule has 3 aromatic rings. The van der Waals surface area contributed by atoms with E-state index >= 15 is 0 Å². The summed E-state index contributed by atoms with van der Waals surface area (Å²) in [4.78, 5) is 41.0. The second-order valence-electron chi connectivity index (χ2n) is 6.08. The number of hydrazine groups is 1. The van der Waals surface area contributed by atoms with Crippen molar-refractivity contribution in [2.45, 2.75) is 6.92 Å². The molecule has 0 spiro atoms. The Morgan fingerprint density at radius 2 is 1.41 bits per heavy atom. The van der Waals surface area contributed by atoms with Gasteiger partial charge in [-0.15, -0.1) is 0 Å². The number of rotatable bonds is 4. The maximum absolute atomic E-state index is 13.7. The Hall–Kier alpha value is -4.07. The molecule has 0 saturated carbocycles. The average Bonchev–Trinajstić information content (AvgIpc) is 2.74. The lowest BCUT2D eigenvalue weighted by molar-refractivity contribution is 0.0844. The van der Waals surface area contributed by atoms with Gasteiger partial charge in [-0.05, 0) is 42.8 Å². The zero-order chi connectivity index (χ0) is 20.8. The number of carbonyl (C=O) groups is 3. The number of aromatic nitrogens is 1. The molecule has 146 valence electrons. The third-order valence-corrected chi connectivity index (χ3v) is 4.11. The number of amides is 3. The molecule has 0 aliphatic rings. The number of halogens is 1. The molecule has 7 nitrogen and oxygen atoms in total. The summed E-state index contributed by atoms with van der Waals surface area (Å²) >= 11 is 0. The number of aryl methyl sites for hydroxylation is 1. The predicted octanol–water partition coefficient (Wildman–Crippen LogP) is 2.86. The number of anilines is 1. The number of nitrogens with one attached hydrogen (secondary N) is 3. The van der Waals surface area contributed by atoms with Gasteiger partial charge in [0, 0.05) is 18.0 Å². The van der Waals surface area contributed by atoms with Gasteiger partial charge in [0.2, 0.25) is 0 Å². The molecular weight excluding hydrogens is 375 g/mol. The van der Waals surface area contributed by atoms with Gasteiger partial charge in [-0.25, -0.2) is 4.39 Å². The summed E-state index contributed by atoms with van der Waals surface area (Å²) < 4.78 is 13.7. The Morgan fingerprint density at radius 3 is 2.10 bits per heavy atom. The zero-order valence-electron chi connectivity index (χ0n) is 15.4. The first-order valence-electron chi connectivity index (χ1n) is 8.63. The fraction of sp³-hybridized carbons (Fsp3) is 0.0476. The summed E-state index contributed by atoms with van der Waals surface area (Å²) in [6.07, 6.45) is 2.97. The Kier molecular flexibility index (Phi) is 5.94. The number of para-hydroxylation sites is 1. The number of benzene rings is 2. The van der Waals surface area contributed by atoms with Gasteiger partial charge in [-0.3, -0.25) is 30.2 Å². The van der Waals surface area contributed by atoms with Gasteiger partial charge in [-0.1, -0.05) is 24.3 Å². The van der Waals surface area contributed by atoms with E-state index in [9.17, 15) is 18.8 Å². The molecule has 0 aliphatic carbocycles. The highest BCUT2D eigenvalue weighted by Crippen LogP contribution is 2.21. The van der Waals surface area contributed by atoms with E-state index in [0.717, 1.165) is 6.07 Å². The van der Waals surface area contributed by atoms with E-state index < -0.39 is 23.5 Å². The van der Waals surface area contributed by atoms with Gasteiger partial charge in [-0.2, -0.15) is 0 Å². The minimum Gasteiger partial charge on any atom is -0.321 e. The first-order chi connectivity index (χ1) is 14.0. The van der Waals surface area contributed by atoms with Crippen LogP contribution < -0.4 is 16.2 Å². The topological polar surface area (TPSA) is 100 Å². The van der Waals surface area contributed by atoms with E-state index in [1.165, 1.54) is 36.7 Å². The molecule has 1 heterocycles. The summed E-state index contributed by atoms with van der Waals surface area (Å²) in [6, 6.07) is 13.4. The Morgan fingerprint density at radius 1 is 0.793 bits per heavy atom. The zero-order valence-corrected chi connectivity index (χ0v) is 15.4. The van der Waals surface area contributed by atoms with Crippen LogP contribution in [0.1, 0.15) is 36.6 Å². The maximum Gasteiger partial charge on any atom is 0.272 e. The molecule has 0 atom stereocenters. The second-order valence-corrected chi connectivity index (χ2v) is 6.08. The lowest BCUT2D eigenvalue weighted by atomic mass is 10.1. The number of hydrogen-bond acceptors (Lipinski definition) is 4. The van der Waals surface area contributed by atoms with Gasteiger partial charge >= 0.3 is 0 Å². The van der Waals surface area contributed by atoms with Gasteiger partial charge < -0.3 is 5.32 Å². The van der Waals surface area contributed by atoms with Crippen LogP contribution in [0.3, 0.4) is 0 Å². The largest absolute Gasteiger partial charge is 0.321 e. The molecule has 0 aliphatic heterocycles. The SMILES string of the molecule is Cc1cccc(C(=O)NNC(=O)c2ccccc2F)c1NC(=O)c1ccncc1. The van der Waals surface area contributed by atoms with E-state index in [4.69, 9.17) is 0 Å². The molecule has 0 radical (unpaired) electrons. The van der Waals surface area contributed by atoms with E-state index in [0.29, 0.717) is 16.8 Å². The fourth-order valence-corrected chi connectivity index (χ4v) is 2.61. The minimum absolute atomic E-state index is 0.140. The van der Waals surface area contributed by atoms with Crippen molar-refractivity contribution in [3.63, 3.8) is 0 Å². The van der Waals surface area contributed by atoms with Gasteiger partial charge in [0.15, 0.2) is 0 Å². The molecule has 3 N–H and O–H groups in total. The van der Waals surface area contributed by atoms with E-state index in [1.54, 1.807) is 31.2 Å². The molecule has 0 unspecified atom stereocenters. The van der Waals surface area contributed by atoms with E-state index in [1.807, 2.05) is 0 Å². The van der Waals surface area contributed by atoms with Crippen molar-refractivity contribution < 1.29 is 18.8 Å². The Bertz CT molecular complexity index is 1070. The Balaban J connectivity index is 1.76. The predicted molar refractivity (Wildman–Crippen MR) is 105 cm³/mol. The number of hydrogen-bond donors (Lipinski definition) is 3. The van der Waals surface area contributed by atoms with Crippen LogP contribution in [-0.2, 0) is 0 Å². The molecule has 3 amide bonds. The average molecular weight is 392 g/mol. The van der Waals surface area contributed by atoms with Crippen molar-refractivity contribution in [1.29, 1.82) is 0 Å². The van der Waals surface area contributed by atoms with Gasteiger partial charge in [0.25, 0.3) is 17.7 Å². The monoisotopic (exact) mass is 392 g/mol. The van der Waals surface area contributed by atoms with Gasteiger partial charge in [0.05, 0.1) is 16.8 Å². The summed E-state index contributed by atoms with van der Waals surface area (Å²) in [5.74, 6) is -2.58. The number of nitrogens with zero attached hydrogens (tertiary/aromatic N) is 1. The highest BCUT2D eigenvalue weighted by molar-refractivity contribution is 6.10. The lowest BCUT2D eigenvalue weighted by Crippen LogP contribution is -2.42. The number of carbonyl (C=O) groups excluding carboxylic acids is 3. The van der Waals surface area contributed by atoms with Crippen LogP contribution in [0, 0.1) is 12.7 Å². The number of pyridine rings is 1. The van der Waals surface area contributed by atoms with Crippen LogP contribution >= 0.6 is 0 Å². The van der Waals surface area contributed by atoms with Crippen LogP contribution in [0.2, 0.25) is 0 Å².